The monoisotopic (exact) mass is 428 g/mol. The van der Waals surface area contributed by atoms with Crippen LogP contribution in [0.5, 0.6) is 0 Å². The molecule has 30 heavy (non-hydrogen) atoms. The number of rotatable bonds is 5. The van der Waals surface area contributed by atoms with Crippen LogP contribution in [0.2, 0.25) is 0 Å². The molecule has 2 atom stereocenters. The summed E-state index contributed by atoms with van der Waals surface area (Å²) >= 11 is 0. The molecule has 1 amide bonds. The third-order valence-electron chi connectivity index (χ3n) is 5.99. The van der Waals surface area contributed by atoms with Gasteiger partial charge < -0.3 is 9.80 Å². The molecule has 3 saturated heterocycles. The largest absolute Gasteiger partial charge is 0.352 e. The Bertz CT molecular complexity index is 1030. The van der Waals surface area contributed by atoms with E-state index in [-0.39, 0.29) is 18.0 Å². The molecular weight excluding hydrogens is 400 g/mol. The Hall–Kier alpha value is -2.48. The van der Waals surface area contributed by atoms with Gasteiger partial charge in [0.25, 0.3) is 0 Å². The lowest BCUT2D eigenvalue weighted by Gasteiger charge is -2.56. The Balaban J connectivity index is 1.40. The molecule has 1 aromatic carbocycles. The zero-order chi connectivity index (χ0) is 21.6. The number of amides is 1. The number of hydrogen-bond donors (Lipinski definition) is 0. The van der Waals surface area contributed by atoms with E-state index in [1.165, 1.54) is 0 Å². The maximum atomic E-state index is 12.9. The number of piperidine rings is 1. The van der Waals surface area contributed by atoms with Crippen LogP contribution in [0, 0.1) is 13.8 Å². The van der Waals surface area contributed by atoms with Crippen LogP contribution in [-0.4, -0.2) is 59.6 Å². The van der Waals surface area contributed by atoms with E-state index < -0.39 is 15.1 Å². The Kier molecular flexibility index (Phi) is 5.30. The Morgan fingerprint density at radius 2 is 1.73 bits per heavy atom. The normalized spacial score (nSPS) is 21.0. The molecule has 5 rings (SSSR count). The van der Waals surface area contributed by atoms with Gasteiger partial charge in [-0.05, 0) is 51.8 Å². The predicted octanol–water partition coefficient (Wildman–Crippen LogP) is 2.31. The summed E-state index contributed by atoms with van der Waals surface area (Å²) in [5.41, 5.74) is 1.79. The first-order chi connectivity index (χ1) is 14.1. The molecule has 0 N–H and O–H groups in total. The third-order valence-corrected chi connectivity index (χ3v) is 8.16. The predicted molar refractivity (Wildman–Crippen MR) is 115 cm³/mol. The molecule has 0 radical (unpaired) electrons. The molecule has 3 aliphatic heterocycles. The van der Waals surface area contributed by atoms with Crippen LogP contribution in [-0.2, 0) is 21.1 Å². The minimum Gasteiger partial charge on any atom is -0.352 e. The smallest absolute Gasteiger partial charge is 0.227 e. The van der Waals surface area contributed by atoms with Gasteiger partial charge in [0.2, 0.25) is 5.91 Å². The number of carbonyl (C=O) groups excluding carboxylic acids is 1. The van der Waals surface area contributed by atoms with Crippen LogP contribution in [0.1, 0.15) is 37.4 Å². The van der Waals surface area contributed by atoms with Crippen molar-refractivity contribution in [3.8, 4) is 0 Å². The quantitative estimate of drug-likeness (QED) is 0.727. The molecule has 3 aliphatic rings. The van der Waals surface area contributed by atoms with E-state index in [2.05, 4.69) is 14.9 Å². The van der Waals surface area contributed by atoms with Crippen LogP contribution < -0.4 is 4.90 Å². The summed E-state index contributed by atoms with van der Waals surface area (Å²) in [4.78, 5) is 26.4. The fourth-order valence-electron chi connectivity index (χ4n) is 4.40. The minimum atomic E-state index is -3.29. The number of anilines is 1. The number of nitrogens with zero attached hydrogens (tertiary/aromatic N) is 4. The van der Waals surface area contributed by atoms with Crippen molar-refractivity contribution < 1.29 is 13.2 Å². The van der Waals surface area contributed by atoms with E-state index in [0.717, 1.165) is 42.4 Å². The lowest BCUT2D eigenvalue weighted by Crippen LogP contribution is -2.70. The van der Waals surface area contributed by atoms with Crippen molar-refractivity contribution in [2.75, 3.05) is 18.0 Å². The highest BCUT2D eigenvalue weighted by atomic mass is 32.2. The standard InChI is InChI=1S/C22H28N4O3S/c1-14(2)30(28,29)20-7-5-17(6-8-20)10-22(27)26-18-11-19(26)13-25(12-18)21-9-15(3)23-16(4)24-21/h5-9,14,18-19H,10-13H2,1-4H3. The number of sulfone groups is 1. The topological polar surface area (TPSA) is 83.5 Å². The molecule has 3 fully saturated rings. The van der Waals surface area contributed by atoms with Gasteiger partial charge in [0.05, 0.1) is 28.6 Å². The molecule has 4 heterocycles. The molecule has 0 aliphatic carbocycles. The number of aromatic nitrogens is 2. The van der Waals surface area contributed by atoms with Crippen LogP contribution in [0.4, 0.5) is 5.82 Å². The molecule has 1 aromatic heterocycles. The van der Waals surface area contributed by atoms with Gasteiger partial charge in [0.15, 0.2) is 9.84 Å². The highest BCUT2D eigenvalue weighted by molar-refractivity contribution is 7.92. The maximum absolute atomic E-state index is 12.9. The molecule has 160 valence electrons. The molecule has 7 nitrogen and oxygen atoms in total. The average molecular weight is 429 g/mol. The molecule has 8 heteroatoms. The fourth-order valence-corrected chi connectivity index (χ4v) is 5.46. The van der Waals surface area contributed by atoms with Gasteiger partial charge >= 0.3 is 0 Å². The van der Waals surface area contributed by atoms with Crippen LogP contribution >= 0.6 is 0 Å². The van der Waals surface area contributed by atoms with Crippen LogP contribution in [0.3, 0.4) is 0 Å². The van der Waals surface area contributed by atoms with E-state index in [1.54, 1.807) is 38.1 Å². The van der Waals surface area contributed by atoms with E-state index >= 15 is 0 Å². The van der Waals surface area contributed by atoms with Crippen molar-refractivity contribution in [1.82, 2.24) is 14.9 Å². The second-order valence-corrected chi connectivity index (χ2v) is 11.1. The van der Waals surface area contributed by atoms with Crippen LogP contribution in [0.25, 0.3) is 0 Å². The summed E-state index contributed by atoms with van der Waals surface area (Å²) in [6.45, 7) is 8.77. The van der Waals surface area contributed by atoms with Crippen molar-refractivity contribution >= 4 is 21.6 Å². The van der Waals surface area contributed by atoms with Gasteiger partial charge in [-0.1, -0.05) is 12.1 Å². The summed E-state index contributed by atoms with van der Waals surface area (Å²) in [5.74, 6) is 1.80. The summed E-state index contributed by atoms with van der Waals surface area (Å²) in [7, 11) is -3.29. The second-order valence-electron chi connectivity index (χ2n) is 8.58. The molecule has 2 bridgehead atoms. The average Bonchev–Trinajstić information content (AvgIpc) is 2.67. The van der Waals surface area contributed by atoms with E-state index in [1.807, 2.05) is 24.8 Å². The number of carbonyl (C=O) groups is 1. The highest BCUT2D eigenvalue weighted by Gasteiger charge is 2.47. The summed E-state index contributed by atoms with van der Waals surface area (Å²) in [5, 5.41) is -0.462. The van der Waals surface area contributed by atoms with Crippen LogP contribution in [0.15, 0.2) is 35.2 Å². The first-order valence-corrected chi connectivity index (χ1v) is 11.9. The van der Waals surface area contributed by atoms with Gasteiger partial charge in [-0.25, -0.2) is 18.4 Å². The molecule has 0 saturated carbocycles. The number of benzene rings is 1. The van der Waals surface area contributed by atoms with Crippen molar-refractivity contribution in [3.05, 3.63) is 47.4 Å². The number of fused-ring (bicyclic) bond motifs is 2. The van der Waals surface area contributed by atoms with Gasteiger partial charge in [-0.3, -0.25) is 4.79 Å². The Labute approximate surface area is 178 Å². The SMILES string of the molecule is Cc1cc(N2CC3CC(C2)N3C(=O)Cc2ccc(S(=O)(=O)C(C)C)cc2)nc(C)n1. The zero-order valence-corrected chi connectivity index (χ0v) is 18.7. The van der Waals surface area contributed by atoms with E-state index in [4.69, 9.17) is 0 Å². The van der Waals surface area contributed by atoms with Gasteiger partial charge in [-0.15, -0.1) is 0 Å². The molecule has 2 unspecified atom stereocenters. The lowest BCUT2D eigenvalue weighted by atomic mass is 9.86. The number of piperazine rings is 1. The third kappa shape index (κ3) is 3.80. The molecule has 2 aromatic rings. The highest BCUT2D eigenvalue weighted by Crippen LogP contribution is 2.34. The van der Waals surface area contributed by atoms with Crippen molar-refractivity contribution in [3.63, 3.8) is 0 Å². The summed E-state index contributed by atoms with van der Waals surface area (Å²) in [6, 6.07) is 9.12. The van der Waals surface area contributed by atoms with Gasteiger partial charge in [-0.2, -0.15) is 0 Å². The Morgan fingerprint density at radius 3 is 2.30 bits per heavy atom. The first kappa shape index (κ1) is 20.8. The number of hydrogen-bond acceptors (Lipinski definition) is 6. The zero-order valence-electron chi connectivity index (χ0n) is 17.9. The Morgan fingerprint density at radius 1 is 1.10 bits per heavy atom. The second kappa shape index (κ2) is 7.65. The lowest BCUT2D eigenvalue weighted by molar-refractivity contribution is -0.145. The van der Waals surface area contributed by atoms with E-state index in [9.17, 15) is 13.2 Å². The fraction of sp³-hybridized carbons (Fsp3) is 0.500. The number of aryl methyl sites for hydroxylation is 2. The van der Waals surface area contributed by atoms with Crippen molar-refractivity contribution in [2.45, 2.75) is 62.8 Å². The molecular formula is C22H28N4O3S. The minimum absolute atomic E-state index is 0.102. The van der Waals surface area contributed by atoms with Gasteiger partial charge in [0, 0.05) is 24.8 Å². The summed E-state index contributed by atoms with van der Waals surface area (Å²) in [6.07, 6.45) is 1.32. The maximum Gasteiger partial charge on any atom is 0.227 e. The summed E-state index contributed by atoms with van der Waals surface area (Å²) < 4.78 is 24.5. The van der Waals surface area contributed by atoms with Crippen molar-refractivity contribution in [1.29, 1.82) is 0 Å². The molecule has 0 spiro atoms. The first-order valence-electron chi connectivity index (χ1n) is 10.4. The van der Waals surface area contributed by atoms with Gasteiger partial charge in [0.1, 0.15) is 11.6 Å². The van der Waals surface area contributed by atoms with E-state index in [0.29, 0.717) is 11.3 Å². The van der Waals surface area contributed by atoms with Crippen molar-refractivity contribution in [2.24, 2.45) is 0 Å².